The van der Waals surface area contributed by atoms with Crippen molar-refractivity contribution in [2.75, 3.05) is 9.80 Å². The van der Waals surface area contributed by atoms with E-state index in [1.807, 2.05) is 0 Å². The average molecular weight is 505 g/mol. The van der Waals surface area contributed by atoms with Crippen LogP contribution >= 0.6 is 0 Å². The highest BCUT2D eigenvalue weighted by atomic mass is 15.1. The van der Waals surface area contributed by atoms with Crippen LogP contribution in [0.4, 0.5) is 28.4 Å². The van der Waals surface area contributed by atoms with Gasteiger partial charge < -0.3 is 9.80 Å². The van der Waals surface area contributed by atoms with E-state index in [0.29, 0.717) is 0 Å². The molecule has 1 aliphatic rings. The lowest BCUT2D eigenvalue weighted by molar-refractivity contribution is 0.997. The molecule has 0 aromatic heterocycles. The summed E-state index contributed by atoms with van der Waals surface area (Å²) in [6.07, 6.45) is 9.01. The van der Waals surface area contributed by atoms with Crippen molar-refractivity contribution in [3.05, 3.63) is 163 Å². The van der Waals surface area contributed by atoms with Gasteiger partial charge in [0.05, 0.1) is 0 Å². The predicted molar refractivity (Wildman–Crippen MR) is 166 cm³/mol. The molecular formula is C37H32N2. The lowest BCUT2D eigenvalue weighted by atomic mass is 10.0. The highest BCUT2D eigenvalue weighted by molar-refractivity contribution is 5.79. The van der Waals surface area contributed by atoms with Gasteiger partial charge in [0, 0.05) is 34.1 Å². The van der Waals surface area contributed by atoms with Crippen LogP contribution in [-0.2, 0) is 0 Å². The quantitative estimate of drug-likeness (QED) is 0.217. The maximum absolute atomic E-state index is 2.35. The highest BCUT2D eigenvalue weighted by Gasteiger charge is 2.15. The van der Waals surface area contributed by atoms with Gasteiger partial charge in [0.2, 0.25) is 0 Å². The first-order valence-electron chi connectivity index (χ1n) is 13.6. The molecule has 0 bridgehead atoms. The molecule has 2 heteroatoms. The maximum Gasteiger partial charge on any atom is 0.0464 e. The van der Waals surface area contributed by atoms with Crippen molar-refractivity contribution in [3.8, 4) is 11.1 Å². The third-order valence-corrected chi connectivity index (χ3v) is 7.11. The largest absolute Gasteiger partial charge is 0.311 e. The van der Waals surface area contributed by atoms with E-state index in [1.54, 1.807) is 0 Å². The molecule has 1 aliphatic carbocycles. The summed E-state index contributed by atoms with van der Waals surface area (Å²) < 4.78 is 0. The number of rotatable bonds is 7. The first-order chi connectivity index (χ1) is 19.3. The molecular weight excluding hydrogens is 472 g/mol. The number of nitrogens with zero attached hydrogens (tertiary/aromatic N) is 2. The summed E-state index contributed by atoms with van der Waals surface area (Å²) in [5.74, 6) is 0. The Bertz CT molecular complexity index is 1540. The number of para-hydroxylation sites is 2. The SMILES string of the molecule is Cc1cccc(N(C2=CCCC=C2)c2ccc(-c3ccc(N(c4ccccc4)c4ccccc4)cc3)cc2)c1. The Labute approximate surface area is 231 Å². The lowest BCUT2D eigenvalue weighted by Crippen LogP contribution is -2.16. The summed E-state index contributed by atoms with van der Waals surface area (Å²) in [5.41, 5.74) is 10.7. The van der Waals surface area contributed by atoms with Gasteiger partial charge in [0.1, 0.15) is 0 Å². The third-order valence-electron chi connectivity index (χ3n) is 7.11. The Morgan fingerprint density at radius 3 is 1.49 bits per heavy atom. The van der Waals surface area contributed by atoms with Gasteiger partial charge in [0.15, 0.2) is 0 Å². The van der Waals surface area contributed by atoms with Crippen molar-refractivity contribution >= 4 is 28.4 Å². The van der Waals surface area contributed by atoms with Gasteiger partial charge in [-0.15, -0.1) is 0 Å². The minimum absolute atomic E-state index is 1.07. The fourth-order valence-electron chi connectivity index (χ4n) is 5.19. The summed E-state index contributed by atoms with van der Waals surface area (Å²) in [4.78, 5) is 4.64. The minimum atomic E-state index is 1.07. The number of aryl methyl sites for hydroxylation is 1. The molecule has 39 heavy (non-hydrogen) atoms. The Morgan fingerprint density at radius 1 is 0.462 bits per heavy atom. The highest BCUT2D eigenvalue weighted by Crippen LogP contribution is 2.37. The van der Waals surface area contributed by atoms with Crippen LogP contribution in [0.25, 0.3) is 11.1 Å². The summed E-state index contributed by atoms with van der Waals surface area (Å²) >= 11 is 0. The Kier molecular flexibility index (Phi) is 7.09. The molecule has 6 rings (SSSR count). The third kappa shape index (κ3) is 5.42. The van der Waals surface area contributed by atoms with Crippen LogP contribution < -0.4 is 9.80 Å². The Morgan fingerprint density at radius 2 is 0.974 bits per heavy atom. The van der Waals surface area contributed by atoms with E-state index < -0.39 is 0 Å². The van der Waals surface area contributed by atoms with E-state index in [0.717, 1.165) is 35.6 Å². The second kappa shape index (κ2) is 11.3. The van der Waals surface area contributed by atoms with E-state index in [1.165, 1.54) is 28.1 Å². The van der Waals surface area contributed by atoms with Crippen molar-refractivity contribution in [2.24, 2.45) is 0 Å². The standard InChI is InChI=1S/C37H32N2/c1-29-12-11-19-37(28-29)39(34-17-9-4-10-18-34)36-26-22-31(23-27-36)30-20-24-35(25-21-30)38(32-13-5-2-6-14-32)33-15-7-3-8-16-33/h2-3,5-9,11-28H,4,10H2,1H3. The van der Waals surface area contributed by atoms with E-state index in [2.05, 4.69) is 168 Å². The fourth-order valence-corrected chi connectivity index (χ4v) is 5.19. The number of allylic oxidation sites excluding steroid dienone is 3. The molecule has 190 valence electrons. The zero-order valence-electron chi connectivity index (χ0n) is 22.2. The summed E-state index contributed by atoms with van der Waals surface area (Å²) in [5, 5.41) is 0. The molecule has 0 saturated carbocycles. The molecule has 0 unspecified atom stereocenters. The number of anilines is 5. The lowest BCUT2D eigenvalue weighted by Gasteiger charge is -2.28. The Hall–Kier alpha value is -4.82. The molecule has 5 aromatic carbocycles. The fraction of sp³-hybridized carbons (Fsp3) is 0.0811. The van der Waals surface area contributed by atoms with Crippen LogP contribution in [0.5, 0.6) is 0 Å². The van der Waals surface area contributed by atoms with Gasteiger partial charge in [-0.2, -0.15) is 0 Å². The van der Waals surface area contributed by atoms with Crippen molar-refractivity contribution in [3.63, 3.8) is 0 Å². The molecule has 0 atom stereocenters. The van der Waals surface area contributed by atoms with Crippen molar-refractivity contribution in [1.29, 1.82) is 0 Å². The second-order valence-electron chi connectivity index (χ2n) is 9.88. The van der Waals surface area contributed by atoms with Crippen LogP contribution in [0.1, 0.15) is 18.4 Å². The van der Waals surface area contributed by atoms with Crippen LogP contribution in [0.3, 0.4) is 0 Å². The maximum atomic E-state index is 2.35. The molecule has 5 aromatic rings. The van der Waals surface area contributed by atoms with E-state index in [4.69, 9.17) is 0 Å². The number of hydrogen-bond donors (Lipinski definition) is 0. The molecule has 0 spiro atoms. The van der Waals surface area contributed by atoms with Crippen LogP contribution in [-0.4, -0.2) is 0 Å². The van der Waals surface area contributed by atoms with E-state index in [9.17, 15) is 0 Å². The molecule has 0 amide bonds. The zero-order chi connectivity index (χ0) is 26.4. The van der Waals surface area contributed by atoms with Gasteiger partial charge in [-0.1, -0.05) is 84.9 Å². The van der Waals surface area contributed by atoms with Gasteiger partial charge >= 0.3 is 0 Å². The molecule has 2 nitrogen and oxygen atoms in total. The normalized spacial score (nSPS) is 12.6. The first kappa shape index (κ1) is 24.5. The molecule has 0 heterocycles. The monoisotopic (exact) mass is 504 g/mol. The Balaban J connectivity index is 1.31. The topological polar surface area (TPSA) is 6.48 Å². The smallest absolute Gasteiger partial charge is 0.0464 e. The first-order valence-corrected chi connectivity index (χ1v) is 13.6. The summed E-state index contributed by atoms with van der Waals surface area (Å²) in [6.45, 7) is 2.15. The molecule has 0 aliphatic heterocycles. The molecule has 0 N–H and O–H groups in total. The van der Waals surface area contributed by atoms with Crippen molar-refractivity contribution in [2.45, 2.75) is 19.8 Å². The molecule has 0 saturated heterocycles. The molecule has 0 fully saturated rings. The molecule has 0 radical (unpaired) electrons. The second-order valence-corrected chi connectivity index (χ2v) is 9.88. The van der Waals surface area contributed by atoms with Gasteiger partial charge in [-0.05, 0) is 103 Å². The van der Waals surface area contributed by atoms with E-state index >= 15 is 0 Å². The van der Waals surface area contributed by atoms with Crippen molar-refractivity contribution < 1.29 is 0 Å². The van der Waals surface area contributed by atoms with Crippen molar-refractivity contribution in [1.82, 2.24) is 0 Å². The zero-order valence-corrected chi connectivity index (χ0v) is 22.2. The average Bonchev–Trinajstić information content (AvgIpc) is 3.00. The van der Waals surface area contributed by atoms with Gasteiger partial charge in [0.25, 0.3) is 0 Å². The summed E-state index contributed by atoms with van der Waals surface area (Å²) in [7, 11) is 0. The summed E-state index contributed by atoms with van der Waals surface area (Å²) in [6, 6.07) is 47.5. The number of benzene rings is 5. The van der Waals surface area contributed by atoms with Gasteiger partial charge in [-0.25, -0.2) is 0 Å². The van der Waals surface area contributed by atoms with Gasteiger partial charge in [-0.3, -0.25) is 0 Å². The van der Waals surface area contributed by atoms with Crippen LogP contribution in [0, 0.1) is 6.92 Å². The minimum Gasteiger partial charge on any atom is -0.311 e. The van der Waals surface area contributed by atoms with E-state index in [-0.39, 0.29) is 0 Å². The predicted octanol–water partition coefficient (Wildman–Crippen LogP) is 10.5. The number of hydrogen-bond acceptors (Lipinski definition) is 2. The van der Waals surface area contributed by atoms with Crippen LogP contribution in [0.15, 0.2) is 157 Å². The van der Waals surface area contributed by atoms with Crippen LogP contribution in [0.2, 0.25) is 0 Å².